The molecule has 1 saturated carbocycles. The van der Waals surface area contributed by atoms with E-state index in [1.807, 2.05) is 0 Å². The van der Waals surface area contributed by atoms with E-state index in [0.717, 1.165) is 25.7 Å². The second-order valence-electron chi connectivity index (χ2n) is 9.26. The zero-order valence-electron chi connectivity index (χ0n) is 19.7. The molecular formula is C28H24BrClFN3O2. The molecule has 1 amide bonds. The Hall–Kier alpha value is -2.79. The van der Waals surface area contributed by atoms with E-state index in [1.165, 1.54) is 12.3 Å². The van der Waals surface area contributed by atoms with Crippen molar-refractivity contribution in [2.45, 2.75) is 51.0 Å². The van der Waals surface area contributed by atoms with Crippen LogP contribution in [0.3, 0.4) is 0 Å². The highest BCUT2D eigenvalue weighted by molar-refractivity contribution is 9.10. The fourth-order valence-corrected chi connectivity index (χ4v) is 6.01. The van der Waals surface area contributed by atoms with Crippen molar-refractivity contribution < 1.29 is 13.9 Å². The smallest absolute Gasteiger partial charge is 0.257 e. The summed E-state index contributed by atoms with van der Waals surface area (Å²) in [6.07, 6.45) is 5.12. The maximum Gasteiger partial charge on any atom is 0.257 e. The third kappa shape index (κ3) is 4.21. The van der Waals surface area contributed by atoms with Gasteiger partial charge in [-0.15, -0.1) is 0 Å². The van der Waals surface area contributed by atoms with Crippen LogP contribution in [0.2, 0.25) is 5.02 Å². The van der Waals surface area contributed by atoms with E-state index in [4.69, 9.17) is 21.6 Å². The normalized spacial score (nSPS) is 23.1. The topological polar surface area (TPSA) is 66.2 Å². The summed E-state index contributed by atoms with van der Waals surface area (Å²) >= 11 is 9.56. The van der Waals surface area contributed by atoms with E-state index in [-0.39, 0.29) is 29.7 Å². The van der Waals surface area contributed by atoms with Crippen molar-refractivity contribution in [1.29, 1.82) is 5.26 Å². The highest BCUT2D eigenvalue weighted by Gasteiger charge is 2.56. The van der Waals surface area contributed by atoms with Crippen molar-refractivity contribution in [2.24, 2.45) is 5.92 Å². The Bertz CT molecular complexity index is 1340. The molecule has 5 nitrogen and oxygen atoms in total. The number of nitrogens with zero attached hydrogens (tertiary/aromatic N) is 3. The number of hydrogen-bond acceptors (Lipinski definition) is 4. The first kappa shape index (κ1) is 24.9. The van der Waals surface area contributed by atoms with E-state index >= 15 is 4.39 Å². The third-order valence-electron chi connectivity index (χ3n) is 7.19. The summed E-state index contributed by atoms with van der Waals surface area (Å²) in [6, 6.07) is 15.5. The third-order valence-corrected chi connectivity index (χ3v) is 7.90. The van der Waals surface area contributed by atoms with Gasteiger partial charge in [0.15, 0.2) is 0 Å². The highest BCUT2D eigenvalue weighted by Crippen LogP contribution is 2.50. The molecule has 2 aromatic carbocycles. The molecule has 3 atom stereocenters. The van der Waals surface area contributed by atoms with Gasteiger partial charge in [-0.25, -0.2) is 4.39 Å². The molecule has 2 heterocycles. The van der Waals surface area contributed by atoms with Gasteiger partial charge < -0.3 is 4.74 Å². The van der Waals surface area contributed by atoms with E-state index in [2.05, 4.69) is 33.9 Å². The van der Waals surface area contributed by atoms with Gasteiger partial charge >= 0.3 is 0 Å². The summed E-state index contributed by atoms with van der Waals surface area (Å²) < 4.78 is 23.3. The number of pyridine rings is 1. The predicted octanol–water partition coefficient (Wildman–Crippen LogP) is 6.96. The minimum Gasteiger partial charge on any atom is -0.343 e. The predicted molar refractivity (Wildman–Crippen MR) is 138 cm³/mol. The Kier molecular flexibility index (Phi) is 6.86. The largest absolute Gasteiger partial charge is 0.343 e. The van der Waals surface area contributed by atoms with E-state index in [0.29, 0.717) is 32.2 Å². The number of amides is 1. The Labute approximate surface area is 223 Å². The fourth-order valence-electron chi connectivity index (χ4n) is 5.45. The molecule has 2 aliphatic rings. The standard InChI is InChI=1S/C28H24BrClFN3O2/c1-2-18-4-3-5-25(18)36-28(19-7-9-21(30)10-8-19)26-23(12-20(29)13-24(26)31)27(35)34(28)16-22-11-6-17(14-32)15-33-22/h6-13,15,18,25H,2-5,16H2,1H3. The quantitative estimate of drug-likeness (QED) is 0.322. The lowest BCUT2D eigenvalue weighted by Crippen LogP contribution is -2.49. The monoisotopic (exact) mass is 567 g/mol. The van der Waals surface area contributed by atoms with Gasteiger partial charge in [0.05, 0.1) is 35.0 Å². The van der Waals surface area contributed by atoms with Crippen LogP contribution in [0, 0.1) is 23.1 Å². The average Bonchev–Trinajstić information content (AvgIpc) is 3.41. The second kappa shape index (κ2) is 9.93. The molecule has 0 saturated heterocycles. The Balaban J connectivity index is 1.73. The first-order valence-corrected chi connectivity index (χ1v) is 13.1. The number of ether oxygens (including phenoxy) is 1. The molecular weight excluding hydrogens is 545 g/mol. The van der Waals surface area contributed by atoms with Crippen LogP contribution in [0.5, 0.6) is 0 Å². The van der Waals surface area contributed by atoms with Crippen molar-refractivity contribution in [3.63, 3.8) is 0 Å². The molecule has 184 valence electrons. The molecule has 3 unspecified atom stereocenters. The van der Waals surface area contributed by atoms with Crippen molar-refractivity contribution in [1.82, 2.24) is 9.88 Å². The van der Waals surface area contributed by atoms with Gasteiger partial charge in [0.2, 0.25) is 5.72 Å². The van der Waals surface area contributed by atoms with Gasteiger partial charge in [0, 0.05) is 21.3 Å². The van der Waals surface area contributed by atoms with Crippen LogP contribution >= 0.6 is 27.5 Å². The molecule has 1 aliphatic carbocycles. The molecule has 0 spiro atoms. The Morgan fingerprint density at radius 3 is 2.69 bits per heavy atom. The first-order valence-electron chi connectivity index (χ1n) is 12.0. The SMILES string of the molecule is CCC1CCCC1OC1(c2ccc(Cl)cc2)c2c(F)cc(Br)cc2C(=O)N1Cc1ccc(C#N)cn1. The number of fused-ring (bicyclic) bond motifs is 1. The number of aromatic nitrogens is 1. The lowest BCUT2D eigenvalue weighted by Gasteiger charge is -2.42. The number of halogens is 3. The van der Waals surface area contributed by atoms with Gasteiger partial charge in [-0.2, -0.15) is 5.26 Å². The van der Waals surface area contributed by atoms with E-state index in [9.17, 15) is 4.79 Å². The number of nitriles is 1. The average molecular weight is 569 g/mol. The Morgan fingerprint density at radius 1 is 1.25 bits per heavy atom. The summed E-state index contributed by atoms with van der Waals surface area (Å²) in [7, 11) is 0. The molecule has 0 radical (unpaired) electrons. The van der Waals surface area contributed by atoms with Crippen LogP contribution in [-0.2, 0) is 17.0 Å². The lowest BCUT2D eigenvalue weighted by atomic mass is 9.91. The zero-order valence-corrected chi connectivity index (χ0v) is 22.0. The molecule has 3 aromatic rings. The summed E-state index contributed by atoms with van der Waals surface area (Å²) in [6.45, 7) is 2.20. The minimum absolute atomic E-state index is 0.0718. The number of benzene rings is 2. The van der Waals surface area contributed by atoms with Gasteiger partial charge in [-0.3, -0.25) is 14.7 Å². The summed E-state index contributed by atoms with van der Waals surface area (Å²) in [4.78, 5) is 19.9. The van der Waals surface area contributed by atoms with Crippen LogP contribution in [0.1, 0.15) is 65.3 Å². The van der Waals surface area contributed by atoms with Gasteiger partial charge in [-0.1, -0.05) is 59.4 Å². The molecule has 1 aliphatic heterocycles. The zero-order chi connectivity index (χ0) is 25.4. The van der Waals surface area contributed by atoms with E-state index in [1.54, 1.807) is 47.4 Å². The first-order chi connectivity index (χ1) is 17.4. The number of carbonyl (C=O) groups is 1. The maximum absolute atomic E-state index is 15.9. The highest BCUT2D eigenvalue weighted by atomic mass is 79.9. The molecule has 5 rings (SSSR count). The molecule has 8 heteroatoms. The molecule has 0 bridgehead atoms. The van der Waals surface area contributed by atoms with Crippen LogP contribution in [-0.4, -0.2) is 21.9 Å². The van der Waals surface area contributed by atoms with Crippen LogP contribution in [0.15, 0.2) is 59.2 Å². The van der Waals surface area contributed by atoms with Crippen LogP contribution in [0.25, 0.3) is 0 Å². The molecule has 36 heavy (non-hydrogen) atoms. The van der Waals surface area contributed by atoms with Crippen molar-refractivity contribution in [3.8, 4) is 6.07 Å². The van der Waals surface area contributed by atoms with Gasteiger partial charge in [0.25, 0.3) is 5.91 Å². The Morgan fingerprint density at radius 2 is 2.03 bits per heavy atom. The maximum atomic E-state index is 15.9. The van der Waals surface area contributed by atoms with Crippen molar-refractivity contribution >= 4 is 33.4 Å². The van der Waals surface area contributed by atoms with Gasteiger partial charge in [0.1, 0.15) is 11.9 Å². The minimum atomic E-state index is -1.50. The molecule has 1 aromatic heterocycles. The van der Waals surface area contributed by atoms with Crippen LogP contribution in [0.4, 0.5) is 4.39 Å². The number of rotatable bonds is 6. The summed E-state index contributed by atoms with van der Waals surface area (Å²) in [5, 5.41) is 9.69. The number of carbonyl (C=O) groups excluding carboxylic acids is 1. The van der Waals surface area contributed by atoms with Gasteiger partial charge in [-0.05, 0) is 55.2 Å². The summed E-state index contributed by atoms with van der Waals surface area (Å²) in [5.41, 5.74) is 0.553. The fraction of sp³-hybridized carbons (Fsp3) is 0.321. The van der Waals surface area contributed by atoms with Crippen molar-refractivity contribution in [3.05, 3.63) is 98.0 Å². The van der Waals surface area contributed by atoms with E-state index < -0.39 is 11.5 Å². The lowest BCUT2D eigenvalue weighted by molar-refractivity contribution is -0.159. The summed E-state index contributed by atoms with van der Waals surface area (Å²) in [5.74, 6) is -0.567. The molecule has 0 N–H and O–H groups in total. The van der Waals surface area contributed by atoms with Crippen molar-refractivity contribution in [2.75, 3.05) is 0 Å². The number of hydrogen-bond donors (Lipinski definition) is 0. The second-order valence-corrected chi connectivity index (χ2v) is 10.6. The molecule has 1 fully saturated rings. The van der Waals surface area contributed by atoms with Crippen LogP contribution < -0.4 is 0 Å².